The van der Waals surface area contributed by atoms with Gasteiger partial charge in [0.25, 0.3) is 5.56 Å². The fraction of sp³-hybridized carbons (Fsp3) is 0.438. The predicted molar refractivity (Wildman–Crippen MR) is 89.1 cm³/mol. The summed E-state index contributed by atoms with van der Waals surface area (Å²) in [5.41, 5.74) is 2.88. The van der Waals surface area contributed by atoms with E-state index in [-0.39, 0.29) is 18.0 Å². The fourth-order valence-corrected chi connectivity index (χ4v) is 2.79. The van der Waals surface area contributed by atoms with Crippen molar-refractivity contribution in [1.29, 1.82) is 0 Å². The van der Waals surface area contributed by atoms with E-state index in [1.807, 2.05) is 49.0 Å². The molecule has 0 spiro atoms. The van der Waals surface area contributed by atoms with Crippen LogP contribution in [0, 0.1) is 6.92 Å². The molecule has 1 aromatic carbocycles. The molecule has 2 aromatic rings. The van der Waals surface area contributed by atoms with E-state index in [1.54, 1.807) is 4.68 Å². The monoisotopic (exact) mass is 323 g/mol. The molecule has 0 radical (unpaired) electrons. The van der Waals surface area contributed by atoms with E-state index in [2.05, 4.69) is 4.90 Å². The van der Waals surface area contributed by atoms with Gasteiger partial charge in [-0.1, -0.05) is 18.2 Å². The van der Waals surface area contributed by atoms with E-state index in [0.29, 0.717) is 6.54 Å². The van der Waals surface area contributed by atoms with E-state index in [4.69, 9.17) is 4.74 Å². The van der Waals surface area contributed by atoms with Crippen LogP contribution in [0.15, 0.2) is 35.1 Å². The minimum Gasteiger partial charge on any atom is -0.379 e. The number of halogens is 1. The number of hydrogen-bond donors (Lipinski definition) is 0. The molecule has 6 heteroatoms. The highest BCUT2D eigenvalue weighted by Gasteiger charge is 2.19. The lowest BCUT2D eigenvalue weighted by molar-refractivity contribution is 0.0339. The first kappa shape index (κ1) is 16.8. The smallest absolute Gasteiger partial charge is 0.276 e. The summed E-state index contributed by atoms with van der Waals surface area (Å²) in [6.07, 6.45) is 0. The summed E-state index contributed by atoms with van der Waals surface area (Å²) in [6, 6.07) is 9.77. The molecule has 1 aliphatic rings. The van der Waals surface area contributed by atoms with E-state index < -0.39 is 0 Å². The van der Waals surface area contributed by atoms with Gasteiger partial charge in [-0.3, -0.25) is 14.4 Å². The number of benzene rings is 1. The van der Waals surface area contributed by atoms with Crippen LogP contribution in [0.3, 0.4) is 0 Å². The number of aromatic nitrogens is 2. The minimum absolute atomic E-state index is 0. The number of ether oxygens (including phenoxy) is 1. The summed E-state index contributed by atoms with van der Waals surface area (Å²) in [5, 5.41) is 0. The topological polar surface area (TPSA) is 39.4 Å². The number of hydrogen-bond acceptors (Lipinski definition) is 3. The quantitative estimate of drug-likeness (QED) is 0.863. The summed E-state index contributed by atoms with van der Waals surface area (Å²) in [7, 11) is 1.94. The Hall–Kier alpha value is -1.56. The third-order valence-electron chi connectivity index (χ3n) is 4.16. The van der Waals surface area contributed by atoms with Crippen LogP contribution in [0.5, 0.6) is 0 Å². The van der Waals surface area contributed by atoms with Gasteiger partial charge in [0.1, 0.15) is 0 Å². The van der Waals surface area contributed by atoms with Gasteiger partial charge in [-0.2, -0.15) is 0 Å². The Morgan fingerprint density at radius 3 is 2.41 bits per heavy atom. The van der Waals surface area contributed by atoms with Crippen LogP contribution in [0.25, 0.3) is 5.69 Å². The molecule has 22 heavy (non-hydrogen) atoms. The molecular formula is C16H22ClN3O2. The van der Waals surface area contributed by atoms with Gasteiger partial charge in [0.05, 0.1) is 24.5 Å². The number of morpholine rings is 1. The summed E-state index contributed by atoms with van der Waals surface area (Å²) in [6.45, 7) is 5.98. The Bertz CT molecular complexity index is 673. The van der Waals surface area contributed by atoms with Crippen molar-refractivity contribution in [3.8, 4) is 5.69 Å². The van der Waals surface area contributed by atoms with Crippen LogP contribution in [0.1, 0.15) is 11.3 Å². The molecule has 1 aliphatic heterocycles. The van der Waals surface area contributed by atoms with Crippen molar-refractivity contribution < 1.29 is 4.74 Å². The van der Waals surface area contributed by atoms with E-state index in [9.17, 15) is 4.79 Å². The first-order chi connectivity index (χ1) is 10.2. The lowest BCUT2D eigenvalue weighted by atomic mass is 10.2. The second-order valence-corrected chi connectivity index (χ2v) is 5.43. The molecule has 2 heterocycles. The zero-order valence-electron chi connectivity index (χ0n) is 13.0. The molecule has 1 fully saturated rings. The molecular weight excluding hydrogens is 302 g/mol. The van der Waals surface area contributed by atoms with Crippen molar-refractivity contribution in [2.45, 2.75) is 13.5 Å². The van der Waals surface area contributed by atoms with Crippen LogP contribution in [0.2, 0.25) is 0 Å². The summed E-state index contributed by atoms with van der Waals surface area (Å²) in [5.74, 6) is 0. The first-order valence-corrected chi connectivity index (χ1v) is 7.31. The van der Waals surface area contributed by atoms with Gasteiger partial charge in [0, 0.05) is 32.4 Å². The average Bonchev–Trinajstić information content (AvgIpc) is 2.73. The third kappa shape index (κ3) is 3.11. The minimum atomic E-state index is 0. The van der Waals surface area contributed by atoms with Gasteiger partial charge in [0.15, 0.2) is 0 Å². The Morgan fingerprint density at radius 1 is 1.14 bits per heavy atom. The first-order valence-electron chi connectivity index (χ1n) is 7.31. The highest BCUT2D eigenvalue weighted by atomic mass is 35.5. The lowest BCUT2D eigenvalue weighted by Gasteiger charge is -2.26. The van der Waals surface area contributed by atoms with Crippen molar-refractivity contribution in [3.63, 3.8) is 0 Å². The molecule has 1 aromatic heterocycles. The Labute approximate surface area is 136 Å². The van der Waals surface area contributed by atoms with Gasteiger partial charge < -0.3 is 4.74 Å². The molecule has 0 N–H and O–H groups in total. The SMILES string of the molecule is Cc1c(CN2CCOCC2)c(=O)n(-c2ccccc2)n1C.Cl. The molecule has 120 valence electrons. The molecule has 3 rings (SSSR count). The number of rotatable bonds is 3. The summed E-state index contributed by atoms with van der Waals surface area (Å²) >= 11 is 0. The molecule has 0 atom stereocenters. The maximum Gasteiger partial charge on any atom is 0.276 e. The van der Waals surface area contributed by atoms with Crippen molar-refractivity contribution in [2.75, 3.05) is 26.3 Å². The van der Waals surface area contributed by atoms with Crippen molar-refractivity contribution >= 4 is 12.4 Å². The standard InChI is InChI=1S/C16H21N3O2.ClH/c1-13-15(12-18-8-10-21-11-9-18)16(20)19(17(13)2)14-6-4-3-5-7-14;/h3-7H,8-12H2,1-2H3;1H. The second kappa shape index (κ2) is 7.13. The van der Waals surface area contributed by atoms with E-state index in [1.165, 1.54) is 0 Å². The van der Waals surface area contributed by atoms with Crippen LogP contribution in [0.4, 0.5) is 0 Å². The molecule has 0 saturated carbocycles. The van der Waals surface area contributed by atoms with Crippen molar-refractivity contribution in [2.24, 2.45) is 7.05 Å². The lowest BCUT2D eigenvalue weighted by Crippen LogP contribution is -2.37. The maximum atomic E-state index is 12.8. The average molecular weight is 324 g/mol. The molecule has 0 aliphatic carbocycles. The van der Waals surface area contributed by atoms with Gasteiger partial charge in [0.2, 0.25) is 0 Å². The van der Waals surface area contributed by atoms with Crippen LogP contribution >= 0.6 is 12.4 Å². The highest BCUT2D eigenvalue weighted by Crippen LogP contribution is 2.12. The molecule has 1 saturated heterocycles. The largest absolute Gasteiger partial charge is 0.379 e. The summed E-state index contributed by atoms with van der Waals surface area (Å²) < 4.78 is 9.05. The second-order valence-electron chi connectivity index (χ2n) is 5.43. The number of para-hydroxylation sites is 1. The van der Waals surface area contributed by atoms with Gasteiger partial charge in [-0.25, -0.2) is 4.68 Å². The van der Waals surface area contributed by atoms with Crippen LogP contribution < -0.4 is 5.56 Å². The van der Waals surface area contributed by atoms with Crippen LogP contribution in [-0.4, -0.2) is 40.6 Å². The third-order valence-corrected chi connectivity index (χ3v) is 4.16. The van der Waals surface area contributed by atoms with Gasteiger partial charge in [-0.05, 0) is 19.1 Å². The van der Waals surface area contributed by atoms with Gasteiger partial charge in [-0.15, -0.1) is 12.4 Å². The predicted octanol–water partition coefficient (Wildman–Crippen LogP) is 1.74. The highest BCUT2D eigenvalue weighted by molar-refractivity contribution is 5.85. The van der Waals surface area contributed by atoms with Crippen molar-refractivity contribution in [1.82, 2.24) is 14.3 Å². The Kier molecular flexibility index (Phi) is 5.45. The zero-order valence-corrected chi connectivity index (χ0v) is 13.8. The molecule has 0 unspecified atom stereocenters. The normalized spacial score (nSPS) is 15.5. The Balaban J connectivity index is 0.00000176. The summed E-state index contributed by atoms with van der Waals surface area (Å²) in [4.78, 5) is 15.0. The van der Waals surface area contributed by atoms with E-state index in [0.717, 1.165) is 43.2 Å². The number of nitrogens with zero attached hydrogens (tertiary/aromatic N) is 3. The Morgan fingerprint density at radius 2 is 1.77 bits per heavy atom. The molecule has 0 bridgehead atoms. The van der Waals surface area contributed by atoms with Crippen molar-refractivity contribution in [3.05, 3.63) is 51.9 Å². The van der Waals surface area contributed by atoms with Crippen LogP contribution in [-0.2, 0) is 18.3 Å². The maximum absolute atomic E-state index is 12.8. The van der Waals surface area contributed by atoms with Gasteiger partial charge >= 0.3 is 0 Å². The van der Waals surface area contributed by atoms with E-state index >= 15 is 0 Å². The zero-order chi connectivity index (χ0) is 14.8. The fourth-order valence-electron chi connectivity index (χ4n) is 2.79. The molecule has 0 amide bonds. The molecule has 5 nitrogen and oxygen atoms in total.